The van der Waals surface area contributed by atoms with E-state index in [1.54, 1.807) is 0 Å². The molecule has 1 aliphatic heterocycles. The first kappa shape index (κ1) is 13.6. The van der Waals surface area contributed by atoms with Gasteiger partial charge in [-0.3, -0.25) is 0 Å². The highest BCUT2D eigenvalue weighted by Gasteiger charge is 2.37. The van der Waals surface area contributed by atoms with Crippen LogP contribution in [0.25, 0.3) is 0 Å². The molecule has 1 aliphatic rings. The first-order valence-electron chi connectivity index (χ1n) is 7.01. The summed E-state index contributed by atoms with van der Waals surface area (Å²) in [5.74, 6) is 0.554. The molecular weight excluding hydrogens is 222 g/mol. The molecule has 2 heteroatoms. The highest BCUT2D eigenvalue weighted by molar-refractivity contribution is 5.27. The maximum atomic E-state index is 5.72. The van der Waals surface area contributed by atoms with Crippen molar-refractivity contribution in [2.45, 2.75) is 33.1 Å². The van der Waals surface area contributed by atoms with Crippen molar-refractivity contribution in [3.05, 3.63) is 35.4 Å². The van der Waals surface area contributed by atoms with Crippen molar-refractivity contribution in [1.82, 2.24) is 5.32 Å². The molecular formula is C16H25NO. The average molecular weight is 247 g/mol. The van der Waals surface area contributed by atoms with Crippen LogP contribution in [-0.2, 0) is 4.74 Å². The van der Waals surface area contributed by atoms with Gasteiger partial charge in [0.15, 0.2) is 0 Å². The maximum absolute atomic E-state index is 5.72. The van der Waals surface area contributed by atoms with Crippen molar-refractivity contribution in [1.29, 1.82) is 0 Å². The molecule has 0 aromatic heterocycles. The van der Waals surface area contributed by atoms with Gasteiger partial charge in [-0.15, -0.1) is 0 Å². The largest absolute Gasteiger partial charge is 0.381 e. The Morgan fingerprint density at radius 1 is 1.33 bits per heavy atom. The number of aryl methyl sites for hydroxylation is 1. The third-order valence-electron chi connectivity index (χ3n) is 4.18. The van der Waals surface area contributed by atoms with Crippen LogP contribution in [0.3, 0.4) is 0 Å². The van der Waals surface area contributed by atoms with Crippen molar-refractivity contribution in [2.24, 2.45) is 5.41 Å². The van der Waals surface area contributed by atoms with Gasteiger partial charge in [-0.05, 0) is 32.4 Å². The van der Waals surface area contributed by atoms with Gasteiger partial charge >= 0.3 is 0 Å². The first-order valence-corrected chi connectivity index (χ1v) is 7.01. The molecule has 1 aromatic rings. The molecule has 1 saturated heterocycles. The summed E-state index contributed by atoms with van der Waals surface area (Å²) >= 11 is 0. The van der Waals surface area contributed by atoms with Gasteiger partial charge in [-0.25, -0.2) is 0 Å². The minimum absolute atomic E-state index is 0.260. The second-order valence-corrected chi connectivity index (χ2v) is 5.71. The number of nitrogens with one attached hydrogen (secondary N) is 1. The van der Waals surface area contributed by atoms with Crippen molar-refractivity contribution < 1.29 is 4.74 Å². The van der Waals surface area contributed by atoms with Crippen LogP contribution in [0.4, 0.5) is 0 Å². The van der Waals surface area contributed by atoms with Crippen molar-refractivity contribution in [3.8, 4) is 0 Å². The van der Waals surface area contributed by atoms with Crippen LogP contribution in [0, 0.1) is 12.3 Å². The van der Waals surface area contributed by atoms with E-state index in [9.17, 15) is 0 Å². The molecule has 0 radical (unpaired) electrons. The average Bonchev–Trinajstić information content (AvgIpc) is 2.38. The number of ether oxygens (including phenoxy) is 1. The van der Waals surface area contributed by atoms with Gasteiger partial charge in [0.25, 0.3) is 0 Å². The Labute approximate surface area is 111 Å². The smallest absolute Gasteiger partial charge is 0.0526 e. The van der Waals surface area contributed by atoms with Crippen LogP contribution in [0.15, 0.2) is 24.3 Å². The molecule has 0 spiro atoms. The lowest BCUT2D eigenvalue weighted by Crippen LogP contribution is -2.44. The molecule has 1 N–H and O–H groups in total. The summed E-state index contributed by atoms with van der Waals surface area (Å²) in [5, 5.41) is 3.52. The number of rotatable bonds is 4. The predicted octanol–water partition coefficient (Wildman–Crippen LogP) is 3.11. The topological polar surface area (TPSA) is 21.3 Å². The summed E-state index contributed by atoms with van der Waals surface area (Å²) < 4.78 is 5.72. The Morgan fingerprint density at radius 2 is 2.06 bits per heavy atom. The van der Waals surface area contributed by atoms with Gasteiger partial charge in [-0.2, -0.15) is 0 Å². The molecule has 0 aliphatic carbocycles. The van der Waals surface area contributed by atoms with E-state index in [2.05, 4.69) is 50.4 Å². The monoisotopic (exact) mass is 247 g/mol. The Balaban J connectivity index is 2.19. The molecule has 2 nitrogen and oxygen atoms in total. The number of hydrogen-bond donors (Lipinski definition) is 1. The molecule has 0 amide bonds. The summed E-state index contributed by atoms with van der Waals surface area (Å²) in [6, 6.07) is 8.98. The summed E-state index contributed by atoms with van der Waals surface area (Å²) in [4.78, 5) is 0. The van der Waals surface area contributed by atoms with Crippen molar-refractivity contribution >= 4 is 0 Å². The third kappa shape index (κ3) is 2.93. The van der Waals surface area contributed by atoms with Gasteiger partial charge in [0.05, 0.1) is 6.61 Å². The highest BCUT2D eigenvalue weighted by atomic mass is 16.5. The lowest BCUT2D eigenvalue weighted by molar-refractivity contribution is 0.0279. The Kier molecular flexibility index (Phi) is 4.41. The van der Waals surface area contributed by atoms with E-state index in [4.69, 9.17) is 4.74 Å². The van der Waals surface area contributed by atoms with E-state index in [0.29, 0.717) is 5.92 Å². The van der Waals surface area contributed by atoms with Gasteiger partial charge in [0.1, 0.15) is 0 Å². The summed E-state index contributed by atoms with van der Waals surface area (Å²) in [7, 11) is 0. The maximum Gasteiger partial charge on any atom is 0.0526 e. The minimum Gasteiger partial charge on any atom is -0.381 e. The second-order valence-electron chi connectivity index (χ2n) is 5.71. The summed E-state index contributed by atoms with van der Waals surface area (Å²) in [6.45, 7) is 10.4. The molecule has 0 saturated carbocycles. The normalized spacial score (nSPS) is 28.3. The van der Waals surface area contributed by atoms with Gasteiger partial charge in [0, 0.05) is 24.5 Å². The van der Waals surface area contributed by atoms with Crippen LogP contribution in [-0.4, -0.2) is 26.3 Å². The zero-order valence-electron chi connectivity index (χ0n) is 11.8. The molecule has 1 fully saturated rings. The summed E-state index contributed by atoms with van der Waals surface area (Å²) in [6.07, 6.45) is 1.19. The van der Waals surface area contributed by atoms with E-state index in [0.717, 1.165) is 26.3 Å². The molecule has 2 unspecified atom stereocenters. The highest BCUT2D eigenvalue weighted by Crippen LogP contribution is 2.40. The number of hydrogen-bond acceptors (Lipinski definition) is 2. The van der Waals surface area contributed by atoms with E-state index in [1.807, 2.05) is 0 Å². The van der Waals surface area contributed by atoms with Gasteiger partial charge in [-0.1, -0.05) is 36.8 Å². The van der Waals surface area contributed by atoms with E-state index >= 15 is 0 Å². The van der Waals surface area contributed by atoms with E-state index in [1.165, 1.54) is 17.5 Å². The molecule has 2 atom stereocenters. The Morgan fingerprint density at radius 3 is 2.72 bits per heavy atom. The van der Waals surface area contributed by atoms with Crippen LogP contribution < -0.4 is 5.32 Å². The van der Waals surface area contributed by atoms with Crippen molar-refractivity contribution in [3.63, 3.8) is 0 Å². The lowest BCUT2D eigenvalue weighted by atomic mass is 9.69. The lowest BCUT2D eigenvalue weighted by Gasteiger charge is -2.42. The number of piperidine rings is 1. The predicted molar refractivity (Wildman–Crippen MR) is 76.0 cm³/mol. The van der Waals surface area contributed by atoms with Crippen LogP contribution in [0.2, 0.25) is 0 Å². The van der Waals surface area contributed by atoms with Gasteiger partial charge < -0.3 is 10.1 Å². The third-order valence-corrected chi connectivity index (χ3v) is 4.18. The number of benzene rings is 1. The molecule has 18 heavy (non-hydrogen) atoms. The molecule has 1 heterocycles. The fraction of sp³-hybridized carbons (Fsp3) is 0.625. The zero-order chi connectivity index (χ0) is 13.0. The molecule has 2 rings (SSSR count). The van der Waals surface area contributed by atoms with E-state index in [-0.39, 0.29) is 5.41 Å². The fourth-order valence-electron chi connectivity index (χ4n) is 2.87. The van der Waals surface area contributed by atoms with Crippen LogP contribution in [0.1, 0.15) is 37.3 Å². The zero-order valence-corrected chi connectivity index (χ0v) is 11.8. The second kappa shape index (κ2) is 5.85. The quantitative estimate of drug-likeness (QED) is 0.882. The van der Waals surface area contributed by atoms with Crippen LogP contribution >= 0.6 is 0 Å². The minimum atomic E-state index is 0.260. The standard InChI is InChI=1S/C16H25NO/c1-4-18-12-16(3)9-10-17-11-15(16)14-7-5-13(2)6-8-14/h5-8,15,17H,4,9-12H2,1-3H3. The molecule has 100 valence electrons. The summed E-state index contributed by atoms with van der Waals surface area (Å²) in [5.41, 5.74) is 3.03. The Bertz CT molecular complexity index is 373. The SMILES string of the molecule is CCOCC1(C)CCNCC1c1ccc(C)cc1. The molecule has 0 bridgehead atoms. The van der Waals surface area contributed by atoms with Crippen LogP contribution in [0.5, 0.6) is 0 Å². The van der Waals surface area contributed by atoms with Gasteiger partial charge in [0.2, 0.25) is 0 Å². The van der Waals surface area contributed by atoms with Crippen molar-refractivity contribution in [2.75, 3.05) is 26.3 Å². The fourth-order valence-corrected chi connectivity index (χ4v) is 2.87. The first-order chi connectivity index (χ1) is 8.65. The van der Waals surface area contributed by atoms with E-state index < -0.39 is 0 Å². The molecule has 1 aromatic carbocycles. The Hall–Kier alpha value is -0.860.